The minimum atomic E-state index is -0.468. The number of aryl methyl sites for hydroxylation is 3. The standard InChI is InChI=1S/C25H20O5/c1-15-8-9-17(3)21(12-15)30-23-14-28-22-13-18(10-11-20(22)24(23)26)29-25(27)19-7-5-4-6-16(19)2/h4-14H,1-3H3. The van der Waals surface area contributed by atoms with Gasteiger partial charge in [0.2, 0.25) is 11.2 Å². The fraction of sp³-hybridized carbons (Fsp3) is 0.120. The third kappa shape index (κ3) is 3.82. The van der Waals surface area contributed by atoms with E-state index in [2.05, 4.69) is 0 Å². The van der Waals surface area contributed by atoms with Crippen molar-refractivity contribution in [3.8, 4) is 17.2 Å². The molecule has 0 fully saturated rings. The number of rotatable bonds is 4. The molecule has 0 atom stereocenters. The van der Waals surface area contributed by atoms with Gasteiger partial charge in [0.25, 0.3) is 0 Å². The summed E-state index contributed by atoms with van der Waals surface area (Å²) in [6.45, 7) is 5.70. The van der Waals surface area contributed by atoms with Crippen molar-refractivity contribution in [1.82, 2.24) is 0 Å². The second-order valence-electron chi connectivity index (χ2n) is 7.16. The van der Waals surface area contributed by atoms with Gasteiger partial charge in [-0.25, -0.2) is 4.79 Å². The van der Waals surface area contributed by atoms with Crippen molar-refractivity contribution in [2.75, 3.05) is 0 Å². The first-order chi connectivity index (χ1) is 14.4. The van der Waals surface area contributed by atoms with Crippen LogP contribution in [0.2, 0.25) is 0 Å². The van der Waals surface area contributed by atoms with Crippen LogP contribution < -0.4 is 14.9 Å². The van der Waals surface area contributed by atoms with Gasteiger partial charge < -0.3 is 13.9 Å². The molecular formula is C25H20O5. The maximum Gasteiger partial charge on any atom is 0.343 e. The van der Waals surface area contributed by atoms with Crippen LogP contribution in [0.4, 0.5) is 0 Å². The molecule has 5 nitrogen and oxygen atoms in total. The molecule has 5 heteroatoms. The number of ether oxygens (including phenoxy) is 2. The minimum absolute atomic E-state index is 0.0980. The Morgan fingerprint density at radius 2 is 1.67 bits per heavy atom. The van der Waals surface area contributed by atoms with Gasteiger partial charge in [-0.3, -0.25) is 4.79 Å². The van der Waals surface area contributed by atoms with E-state index in [0.29, 0.717) is 28.0 Å². The fourth-order valence-corrected chi connectivity index (χ4v) is 3.12. The smallest absolute Gasteiger partial charge is 0.343 e. The first kappa shape index (κ1) is 19.5. The number of carbonyl (C=O) groups is 1. The summed E-state index contributed by atoms with van der Waals surface area (Å²) >= 11 is 0. The summed E-state index contributed by atoms with van der Waals surface area (Å²) in [4.78, 5) is 25.3. The Bertz CT molecular complexity index is 1320. The van der Waals surface area contributed by atoms with Crippen LogP contribution in [0.1, 0.15) is 27.0 Å². The molecule has 30 heavy (non-hydrogen) atoms. The van der Waals surface area contributed by atoms with Crippen LogP contribution in [-0.4, -0.2) is 5.97 Å². The largest absolute Gasteiger partial charge is 0.460 e. The van der Waals surface area contributed by atoms with Crippen LogP contribution in [0.25, 0.3) is 11.0 Å². The van der Waals surface area contributed by atoms with E-state index in [-0.39, 0.29) is 11.2 Å². The zero-order chi connectivity index (χ0) is 21.3. The number of esters is 1. The highest BCUT2D eigenvalue weighted by Gasteiger charge is 2.14. The Morgan fingerprint density at radius 3 is 2.47 bits per heavy atom. The number of carbonyl (C=O) groups excluding carboxylic acids is 1. The monoisotopic (exact) mass is 400 g/mol. The van der Waals surface area contributed by atoms with Crippen molar-refractivity contribution in [3.05, 3.63) is 99.4 Å². The van der Waals surface area contributed by atoms with E-state index in [4.69, 9.17) is 13.9 Å². The molecule has 150 valence electrons. The van der Waals surface area contributed by atoms with E-state index in [1.165, 1.54) is 12.3 Å². The Labute approximate surface area is 173 Å². The average molecular weight is 400 g/mol. The normalized spacial score (nSPS) is 10.8. The Hall–Kier alpha value is -3.86. The molecule has 0 aliphatic carbocycles. The van der Waals surface area contributed by atoms with Crippen LogP contribution >= 0.6 is 0 Å². The molecular weight excluding hydrogens is 380 g/mol. The number of fused-ring (bicyclic) bond motifs is 1. The quantitative estimate of drug-likeness (QED) is 0.323. The molecule has 0 bridgehead atoms. The fourth-order valence-electron chi connectivity index (χ4n) is 3.12. The maximum absolute atomic E-state index is 12.8. The van der Waals surface area contributed by atoms with E-state index in [9.17, 15) is 9.59 Å². The highest BCUT2D eigenvalue weighted by molar-refractivity contribution is 5.93. The zero-order valence-corrected chi connectivity index (χ0v) is 16.9. The Kier molecular flexibility index (Phi) is 5.11. The zero-order valence-electron chi connectivity index (χ0n) is 16.9. The van der Waals surface area contributed by atoms with Gasteiger partial charge >= 0.3 is 5.97 Å². The maximum atomic E-state index is 12.8. The van der Waals surface area contributed by atoms with E-state index >= 15 is 0 Å². The van der Waals surface area contributed by atoms with Crippen LogP contribution in [-0.2, 0) is 0 Å². The molecule has 3 aromatic carbocycles. The van der Waals surface area contributed by atoms with Crippen molar-refractivity contribution in [2.45, 2.75) is 20.8 Å². The van der Waals surface area contributed by atoms with Crippen LogP contribution in [0.15, 0.2) is 76.1 Å². The van der Waals surface area contributed by atoms with Crippen molar-refractivity contribution in [1.29, 1.82) is 0 Å². The van der Waals surface area contributed by atoms with E-state index < -0.39 is 5.97 Å². The predicted octanol–water partition coefficient (Wildman–Crippen LogP) is 5.73. The molecule has 4 aromatic rings. The van der Waals surface area contributed by atoms with Gasteiger partial charge in [0, 0.05) is 6.07 Å². The third-order valence-electron chi connectivity index (χ3n) is 4.85. The molecule has 0 spiro atoms. The molecule has 0 aliphatic rings. The molecule has 0 radical (unpaired) electrons. The molecule has 4 rings (SSSR count). The Morgan fingerprint density at radius 1 is 0.867 bits per heavy atom. The van der Waals surface area contributed by atoms with Crippen LogP contribution in [0, 0.1) is 20.8 Å². The lowest BCUT2D eigenvalue weighted by atomic mass is 10.1. The van der Waals surface area contributed by atoms with Gasteiger partial charge in [0.05, 0.1) is 10.9 Å². The summed E-state index contributed by atoms with van der Waals surface area (Å²) < 4.78 is 16.9. The van der Waals surface area contributed by atoms with Gasteiger partial charge in [-0.1, -0.05) is 30.3 Å². The van der Waals surface area contributed by atoms with E-state index in [1.807, 2.05) is 51.1 Å². The summed E-state index contributed by atoms with van der Waals surface area (Å²) in [6, 6.07) is 17.6. The second kappa shape index (κ2) is 7.87. The van der Waals surface area contributed by atoms with Gasteiger partial charge in [-0.05, 0) is 61.7 Å². The summed E-state index contributed by atoms with van der Waals surface area (Å²) in [6.07, 6.45) is 1.28. The summed E-state index contributed by atoms with van der Waals surface area (Å²) in [7, 11) is 0. The SMILES string of the molecule is Cc1ccc(C)c(Oc2coc3cc(OC(=O)c4ccccc4C)ccc3c2=O)c1. The van der Waals surface area contributed by atoms with Gasteiger partial charge in [0.15, 0.2) is 0 Å². The summed E-state index contributed by atoms with van der Waals surface area (Å²) in [5.41, 5.74) is 3.26. The number of hydrogen-bond acceptors (Lipinski definition) is 5. The minimum Gasteiger partial charge on any atom is -0.460 e. The molecule has 0 unspecified atom stereocenters. The van der Waals surface area contributed by atoms with Crippen LogP contribution in [0.3, 0.4) is 0 Å². The first-order valence-corrected chi connectivity index (χ1v) is 9.51. The van der Waals surface area contributed by atoms with Gasteiger partial charge in [-0.2, -0.15) is 0 Å². The molecule has 1 aromatic heterocycles. The summed E-state index contributed by atoms with van der Waals surface area (Å²) in [5, 5.41) is 0.341. The van der Waals surface area contributed by atoms with Crippen LogP contribution in [0.5, 0.6) is 17.2 Å². The predicted molar refractivity (Wildman–Crippen MR) is 115 cm³/mol. The highest BCUT2D eigenvalue weighted by atomic mass is 16.5. The number of benzene rings is 3. The Balaban J connectivity index is 1.63. The van der Waals surface area contributed by atoms with Crippen molar-refractivity contribution in [2.24, 2.45) is 0 Å². The lowest BCUT2D eigenvalue weighted by Crippen LogP contribution is -2.10. The molecule has 1 heterocycles. The van der Waals surface area contributed by atoms with E-state index in [1.54, 1.807) is 24.3 Å². The van der Waals surface area contributed by atoms with Crippen molar-refractivity contribution >= 4 is 16.9 Å². The highest BCUT2D eigenvalue weighted by Crippen LogP contribution is 2.27. The van der Waals surface area contributed by atoms with E-state index in [0.717, 1.165) is 16.7 Å². The van der Waals surface area contributed by atoms with Crippen molar-refractivity contribution in [3.63, 3.8) is 0 Å². The molecule has 0 saturated carbocycles. The molecule has 0 N–H and O–H groups in total. The second-order valence-corrected chi connectivity index (χ2v) is 7.16. The topological polar surface area (TPSA) is 65.7 Å². The molecule has 0 saturated heterocycles. The number of hydrogen-bond donors (Lipinski definition) is 0. The average Bonchev–Trinajstić information content (AvgIpc) is 2.73. The van der Waals surface area contributed by atoms with Gasteiger partial charge in [-0.15, -0.1) is 0 Å². The summed E-state index contributed by atoms with van der Waals surface area (Å²) in [5.74, 6) is 0.526. The van der Waals surface area contributed by atoms with Gasteiger partial charge in [0.1, 0.15) is 23.3 Å². The van der Waals surface area contributed by atoms with Crippen molar-refractivity contribution < 1.29 is 18.7 Å². The third-order valence-corrected chi connectivity index (χ3v) is 4.85. The lowest BCUT2D eigenvalue weighted by Gasteiger charge is -2.10. The lowest BCUT2D eigenvalue weighted by molar-refractivity contribution is 0.0734. The molecule has 0 amide bonds. The first-order valence-electron chi connectivity index (χ1n) is 9.51. The molecule has 0 aliphatic heterocycles.